The number of nitrogens with two attached hydrogens (primary N) is 1. The predicted octanol–water partition coefficient (Wildman–Crippen LogP) is 2.97. The number of urea groups is 1. The summed E-state index contributed by atoms with van der Waals surface area (Å²) in [5.74, 6) is 0.803. The van der Waals surface area contributed by atoms with Crippen LogP contribution in [0.3, 0.4) is 0 Å². The zero-order chi connectivity index (χ0) is 12.8. The van der Waals surface area contributed by atoms with Gasteiger partial charge in [-0.05, 0) is 30.5 Å². The van der Waals surface area contributed by atoms with Crippen LogP contribution in [0.2, 0.25) is 0 Å². The minimum Gasteiger partial charge on any atom is -0.399 e. The first kappa shape index (κ1) is 12.7. The first-order chi connectivity index (χ1) is 8.74. The molecule has 0 saturated heterocycles. The maximum Gasteiger partial charge on any atom is 0.319 e. The quantitative estimate of drug-likeness (QED) is 0.716. The molecule has 98 valence electrons. The maximum atomic E-state index is 11.6. The first-order valence-corrected chi connectivity index (χ1v) is 6.64. The van der Waals surface area contributed by atoms with Crippen molar-refractivity contribution >= 4 is 17.4 Å². The van der Waals surface area contributed by atoms with Gasteiger partial charge >= 0.3 is 6.03 Å². The number of carbonyl (C=O) groups excluding carboxylic acids is 1. The monoisotopic (exact) mass is 247 g/mol. The molecule has 0 heterocycles. The van der Waals surface area contributed by atoms with Crippen LogP contribution in [0.15, 0.2) is 24.3 Å². The highest BCUT2D eigenvalue weighted by atomic mass is 16.2. The van der Waals surface area contributed by atoms with Crippen LogP contribution in [-0.2, 0) is 0 Å². The van der Waals surface area contributed by atoms with Gasteiger partial charge in [-0.3, -0.25) is 0 Å². The van der Waals surface area contributed by atoms with E-state index in [1.54, 1.807) is 12.1 Å². The molecule has 2 amide bonds. The molecule has 18 heavy (non-hydrogen) atoms. The summed E-state index contributed by atoms with van der Waals surface area (Å²) in [7, 11) is 0. The molecule has 0 spiro atoms. The number of benzene rings is 1. The highest BCUT2D eigenvalue weighted by Crippen LogP contribution is 2.26. The van der Waals surface area contributed by atoms with Crippen LogP contribution in [0.5, 0.6) is 0 Å². The number of hydrogen-bond donors (Lipinski definition) is 3. The number of nitrogen functional groups attached to an aromatic ring is 1. The summed E-state index contributed by atoms with van der Waals surface area (Å²) in [6, 6.07) is 7.04. The number of amides is 2. The van der Waals surface area contributed by atoms with Gasteiger partial charge in [-0.2, -0.15) is 0 Å². The van der Waals surface area contributed by atoms with Crippen molar-refractivity contribution in [2.45, 2.75) is 32.1 Å². The van der Waals surface area contributed by atoms with E-state index in [0.717, 1.165) is 24.6 Å². The second-order valence-corrected chi connectivity index (χ2v) is 4.95. The van der Waals surface area contributed by atoms with Gasteiger partial charge in [0.25, 0.3) is 0 Å². The molecule has 1 aliphatic carbocycles. The Hall–Kier alpha value is -1.71. The molecule has 0 atom stereocenters. The molecule has 2 rings (SSSR count). The van der Waals surface area contributed by atoms with E-state index in [0.29, 0.717) is 5.69 Å². The van der Waals surface area contributed by atoms with E-state index in [4.69, 9.17) is 5.73 Å². The van der Waals surface area contributed by atoms with E-state index in [9.17, 15) is 4.79 Å². The summed E-state index contributed by atoms with van der Waals surface area (Å²) in [6.45, 7) is 0.749. The Labute approximate surface area is 108 Å². The number of nitrogens with one attached hydrogen (secondary N) is 2. The number of anilines is 2. The lowest BCUT2D eigenvalue weighted by atomic mass is 10.0. The summed E-state index contributed by atoms with van der Waals surface area (Å²) in [6.07, 6.45) is 6.42. The minimum atomic E-state index is -0.154. The smallest absolute Gasteiger partial charge is 0.319 e. The highest BCUT2D eigenvalue weighted by molar-refractivity contribution is 5.89. The van der Waals surface area contributed by atoms with E-state index in [2.05, 4.69) is 10.6 Å². The van der Waals surface area contributed by atoms with Crippen molar-refractivity contribution in [3.8, 4) is 0 Å². The summed E-state index contributed by atoms with van der Waals surface area (Å²) >= 11 is 0. The molecule has 1 aromatic carbocycles. The fourth-order valence-electron chi connectivity index (χ4n) is 2.48. The van der Waals surface area contributed by atoms with Gasteiger partial charge in [0, 0.05) is 17.9 Å². The van der Waals surface area contributed by atoms with E-state index in [1.165, 1.54) is 25.7 Å². The van der Waals surface area contributed by atoms with Gasteiger partial charge in [0.15, 0.2) is 0 Å². The van der Waals surface area contributed by atoms with E-state index in [1.807, 2.05) is 12.1 Å². The van der Waals surface area contributed by atoms with Gasteiger partial charge in [0.1, 0.15) is 0 Å². The molecular weight excluding hydrogens is 226 g/mol. The third-order valence-electron chi connectivity index (χ3n) is 3.46. The van der Waals surface area contributed by atoms with Crippen LogP contribution in [-0.4, -0.2) is 12.6 Å². The Bertz CT molecular complexity index is 400. The van der Waals surface area contributed by atoms with Gasteiger partial charge in [0.2, 0.25) is 0 Å². The van der Waals surface area contributed by atoms with Crippen molar-refractivity contribution in [2.24, 2.45) is 5.92 Å². The lowest BCUT2D eigenvalue weighted by molar-refractivity contribution is 0.251. The molecule has 1 aliphatic rings. The average Bonchev–Trinajstić information content (AvgIpc) is 2.82. The molecule has 1 saturated carbocycles. The molecule has 1 aromatic rings. The normalized spacial score (nSPS) is 15.6. The second-order valence-electron chi connectivity index (χ2n) is 4.95. The molecule has 0 radical (unpaired) electrons. The number of carbonyl (C=O) groups is 1. The Morgan fingerprint density at radius 3 is 2.83 bits per heavy atom. The SMILES string of the molecule is Nc1cccc(NC(=O)NCCC2CCCC2)c1. The number of hydrogen-bond acceptors (Lipinski definition) is 2. The van der Waals surface area contributed by atoms with Gasteiger partial charge in [-0.15, -0.1) is 0 Å². The molecule has 0 aromatic heterocycles. The van der Waals surface area contributed by atoms with Crippen LogP contribution in [0.1, 0.15) is 32.1 Å². The van der Waals surface area contributed by atoms with Crippen molar-refractivity contribution in [2.75, 3.05) is 17.6 Å². The Balaban J connectivity index is 1.68. The summed E-state index contributed by atoms with van der Waals surface area (Å²) in [5, 5.41) is 5.66. The van der Waals surface area contributed by atoms with Crippen molar-refractivity contribution < 1.29 is 4.79 Å². The zero-order valence-electron chi connectivity index (χ0n) is 10.6. The van der Waals surface area contributed by atoms with Crippen LogP contribution in [0, 0.1) is 5.92 Å². The average molecular weight is 247 g/mol. The van der Waals surface area contributed by atoms with Crippen LogP contribution in [0.4, 0.5) is 16.2 Å². The lowest BCUT2D eigenvalue weighted by Crippen LogP contribution is -2.30. The third-order valence-corrected chi connectivity index (χ3v) is 3.46. The summed E-state index contributed by atoms with van der Waals surface area (Å²) < 4.78 is 0. The van der Waals surface area contributed by atoms with Crippen molar-refractivity contribution in [1.29, 1.82) is 0 Å². The Kier molecular flexibility index (Phi) is 4.45. The molecule has 4 nitrogen and oxygen atoms in total. The fourth-order valence-corrected chi connectivity index (χ4v) is 2.48. The molecule has 4 heteroatoms. The Morgan fingerprint density at radius 1 is 1.33 bits per heavy atom. The van der Waals surface area contributed by atoms with Crippen molar-refractivity contribution in [3.63, 3.8) is 0 Å². The third kappa shape index (κ3) is 3.95. The topological polar surface area (TPSA) is 67.1 Å². The van der Waals surface area contributed by atoms with Gasteiger partial charge < -0.3 is 16.4 Å². The molecular formula is C14H21N3O. The molecule has 0 bridgehead atoms. The van der Waals surface area contributed by atoms with Crippen LogP contribution < -0.4 is 16.4 Å². The summed E-state index contributed by atoms with van der Waals surface area (Å²) in [4.78, 5) is 11.6. The standard InChI is InChI=1S/C14H21N3O/c15-12-6-3-7-13(10-12)17-14(18)16-9-8-11-4-1-2-5-11/h3,6-7,10-11H,1-2,4-5,8-9,15H2,(H2,16,17,18). The largest absolute Gasteiger partial charge is 0.399 e. The van der Waals surface area contributed by atoms with E-state index < -0.39 is 0 Å². The second kappa shape index (κ2) is 6.28. The van der Waals surface area contributed by atoms with Gasteiger partial charge in [0.05, 0.1) is 0 Å². The van der Waals surface area contributed by atoms with Crippen LogP contribution >= 0.6 is 0 Å². The zero-order valence-corrected chi connectivity index (χ0v) is 10.6. The Morgan fingerprint density at radius 2 is 2.11 bits per heavy atom. The van der Waals surface area contributed by atoms with Gasteiger partial charge in [-0.25, -0.2) is 4.79 Å². The molecule has 4 N–H and O–H groups in total. The summed E-state index contributed by atoms with van der Waals surface area (Å²) in [5.41, 5.74) is 7.03. The van der Waals surface area contributed by atoms with E-state index >= 15 is 0 Å². The van der Waals surface area contributed by atoms with Crippen molar-refractivity contribution in [3.05, 3.63) is 24.3 Å². The highest BCUT2D eigenvalue weighted by Gasteiger charge is 2.14. The maximum absolute atomic E-state index is 11.6. The first-order valence-electron chi connectivity index (χ1n) is 6.64. The minimum absolute atomic E-state index is 0.154. The van der Waals surface area contributed by atoms with Gasteiger partial charge in [-0.1, -0.05) is 31.7 Å². The van der Waals surface area contributed by atoms with E-state index in [-0.39, 0.29) is 6.03 Å². The molecule has 1 fully saturated rings. The van der Waals surface area contributed by atoms with Crippen molar-refractivity contribution in [1.82, 2.24) is 5.32 Å². The predicted molar refractivity (Wildman–Crippen MR) is 74.5 cm³/mol. The van der Waals surface area contributed by atoms with Crippen LogP contribution in [0.25, 0.3) is 0 Å². The molecule has 0 unspecified atom stereocenters. The lowest BCUT2D eigenvalue weighted by Gasteiger charge is -2.11. The fraction of sp³-hybridized carbons (Fsp3) is 0.500. The number of rotatable bonds is 4. The molecule has 0 aliphatic heterocycles.